The molecule has 10 N–H and O–H groups in total. The van der Waals surface area contributed by atoms with Gasteiger partial charge in [-0.25, -0.2) is 29.9 Å². The van der Waals surface area contributed by atoms with E-state index in [0.717, 1.165) is 183 Å². The Morgan fingerprint density at radius 3 is 0.727 bits per heavy atom. The molecule has 0 aliphatic carbocycles. The Bertz CT molecular complexity index is 3850. The molecule has 88 heavy (non-hydrogen) atoms. The predicted molar refractivity (Wildman–Crippen MR) is 383 cm³/mol. The van der Waals surface area contributed by atoms with Gasteiger partial charge < -0.3 is 52.5 Å². The van der Waals surface area contributed by atoms with Crippen LogP contribution in [0, 0.1) is 0 Å². The predicted octanol–water partition coefficient (Wildman–Crippen LogP) is 21.8. The maximum absolute atomic E-state index is 7.36. The largest absolute Gasteiger partial charge is 0.383 e. The zero-order valence-electron chi connectivity index (χ0n) is 51.7. The number of nitrogens with one attached hydrogen (secondary N) is 10. The lowest BCUT2D eigenvalue weighted by Gasteiger charge is -2.26. The van der Waals surface area contributed by atoms with Crippen molar-refractivity contribution in [2.24, 2.45) is 0 Å². The van der Waals surface area contributed by atoms with E-state index < -0.39 is 0 Å². The van der Waals surface area contributed by atoms with Crippen molar-refractivity contribution in [3.63, 3.8) is 0 Å². The molecular weight excluding hydrogens is 1280 g/mol. The lowest BCUT2D eigenvalue weighted by atomic mass is 9.98. The first-order valence-corrected chi connectivity index (χ1v) is 34.7. The van der Waals surface area contributed by atoms with Gasteiger partial charge in [-0.05, 0) is 51.4 Å². The lowest BCUT2D eigenvalue weighted by molar-refractivity contribution is 0.823. The van der Waals surface area contributed by atoms with Crippen LogP contribution in [0.3, 0.4) is 0 Å². The number of hydrogen-bond acceptors (Lipinski definition) is 14. The fourth-order valence-corrected chi connectivity index (χ4v) is 13.1. The molecule has 0 saturated carbocycles. The van der Waals surface area contributed by atoms with Crippen LogP contribution in [0.15, 0.2) is 0 Å². The van der Waals surface area contributed by atoms with E-state index in [1.54, 1.807) is 0 Å². The van der Waals surface area contributed by atoms with Crippen LogP contribution < -0.4 is 42.5 Å². The van der Waals surface area contributed by atoms with Crippen molar-refractivity contribution < 1.29 is 0 Å². The maximum atomic E-state index is 7.36. The highest BCUT2D eigenvalue weighted by Crippen LogP contribution is 2.56. The molecule has 0 unspecified atom stereocenters. The summed E-state index contributed by atoms with van der Waals surface area (Å²) in [4.78, 5) is 40.3. The van der Waals surface area contributed by atoms with Crippen LogP contribution in [0.2, 0.25) is 40.2 Å². The van der Waals surface area contributed by atoms with E-state index in [1.165, 1.54) is 0 Å². The third-order valence-corrected chi connectivity index (χ3v) is 19.4. The van der Waals surface area contributed by atoms with E-state index in [1.807, 2.05) is 0 Å². The Morgan fingerprint density at radius 2 is 0.455 bits per heavy atom. The fraction of sp³-hybridized carbons (Fsp3) is 0.500. The van der Waals surface area contributed by atoms with Crippen LogP contribution in [0.1, 0.15) is 158 Å². The van der Waals surface area contributed by atoms with Gasteiger partial charge in [0.25, 0.3) is 0 Å². The van der Waals surface area contributed by atoms with Gasteiger partial charge in [0.15, 0.2) is 23.3 Å². The van der Waals surface area contributed by atoms with E-state index in [9.17, 15) is 0 Å². The first-order chi connectivity index (χ1) is 42.7. The summed E-state index contributed by atoms with van der Waals surface area (Å²) in [5.74, 6) is 0.947. The topological polar surface area (TPSA) is 205 Å². The number of hydrogen-bond donors (Lipinski definition) is 10. The van der Waals surface area contributed by atoms with E-state index in [0.29, 0.717) is 78.5 Å². The van der Waals surface area contributed by atoms with Gasteiger partial charge in [0, 0.05) is 52.4 Å². The minimum Gasteiger partial charge on any atom is -0.383 e. The summed E-state index contributed by atoms with van der Waals surface area (Å²) in [6, 6.07) is 0. The van der Waals surface area contributed by atoms with Crippen molar-refractivity contribution in [3.8, 4) is 45.6 Å². The van der Waals surface area contributed by atoms with Gasteiger partial charge in [0.05, 0.1) is 129 Å². The number of rotatable bonds is 32. The molecule has 5 heterocycles. The second kappa shape index (κ2) is 31.3. The van der Waals surface area contributed by atoms with E-state index >= 15 is 0 Å². The van der Waals surface area contributed by atoms with Gasteiger partial charge in [-0.15, -0.1) is 0 Å². The standard InChI is InChI=1S/C64H82Cl8N16/c1-9-17-25-73-49-37-39(51(75-27-19-11-3)55(79-31-23-15-7)53(49)77-29-21-13-5)63-86-61(37)84-59-35-33(41(65)45(69)47(71)43(35)67)57(82-59)81-58-34-36(44(68)48(72)46(70)42(34)66)60(83-58)85-62-38-40(64(87-62)88-63)52(76-28-20-12-4)56(80-32-24-16-8)54(78-30-22-14-6)50(38)74-26-18-10-2/h73-80H,9-32H2,1-8H3,(H2,81,82,83,84,85,86,87,88). The molecule has 0 fully saturated rings. The van der Waals surface area contributed by atoms with Crippen LogP contribution in [-0.2, 0) is 0 Å². The number of aromatic amines is 2. The molecule has 3 aromatic heterocycles. The summed E-state index contributed by atoms with van der Waals surface area (Å²) >= 11 is 57.2. The number of aromatic nitrogens is 8. The molecule has 2 aliphatic rings. The smallest absolute Gasteiger partial charge is 0.167 e. The Labute approximate surface area is 557 Å². The van der Waals surface area contributed by atoms with Crippen LogP contribution in [-0.4, -0.2) is 92.2 Å². The van der Waals surface area contributed by atoms with Crippen LogP contribution in [0.25, 0.3) is 89.7 Å². The van der Waals surface area contributed by atoms with Crippen LogP contribution in [0.5, 0.6) is 0 Å². The van der Waals surface area contributed by atoms with Gasteiger partial charge in [0.1, 0.15) is 22.6 Å². The maximum Gasteiger partial charge on any atom is 0.167 e. The van der Waals surface area contributed by atoms with Crippen LogP contribution >= 0.6 is 92.8 Å². The van der Waals surface area contributed by atoms with Crippen molar-refractivity contribution in [2.45, 2.75) is 158 Å². The first kappa shape index (κ1) is 67.4. The molecule has 4 aromatic carbocycles. The van der Waals surface area contributed by atoms with Crippen molar-refractivity contribution in [1.29, 1.82) is 0 Å². The number of benzene rings is 4. The molecule has 2 aliphatic heterocycles. The molecule has 9 rings (SSSR count). The number of fused-ring (bicyclic) bond motifs is 20. The molecule has 0 radical (unpaired) electrons. The Hall–Kier alpha value is -5.04. The minimum atomic E-state index is 0.0106. The van der Waals surface area contributed by atoms with Crippen molar-refractivity contribution >= 4 is 182 Å². The molecule has 24 heteroatoms. The van der Waals surface area contributed by atoms with Crippen LogP contribution in [0.4, 0.5) is 45.5 Å². The highest BCUT2D eigenvalue weighted by atomic mass is 35.5. The molecular formula is C64H82Cl8N16. The van der Waals surface area contributed by atoms with Gasteiger partial charge in [-0.3, -0.25) is 0 Å². The van der Waals surface area contributed by atoms with Crippen molar-refractivity contribution in [2.75, 3.05) is 94.9 Å². The SMILES string of the molecule is CCCCNc1c(NCCCC)c(NCCCC)c2c(c1NCCCC)-c1nc-2nc2[nH]c(nc3nc(nc4[nH]c(n1)c1c(Cl)c(Cl)c(Cl)c(Cl)c41)-c1c(Cl)c(Cl)c(Cl)c(Cl)c1-3)c1c(NCCCC)c(NCCCC)c(NCCCC)c(NCCCC)c21. The Kier molecular flexibility index (Phi) is 24.0. The highest BCUT2D eigenvalue weighted by Gasteiger charge is 2.36. The van der Waals surface area contributed by atoms with E-state index in [4.69, 9.17) is 123 Å². The second-order valence-corrected chi connectivity index (χ2v) is 25.4. The Morgan fingerprint density at radius 1 is 0.239 bits per heavy atom. The average molecular weight is 1360 g/mol. The summed E-state index contributed by atoms with van der Waals surface area (Å²) in [6.07, 6.45) is 15.2. The molecule has 8 bridgehead atoms. The fourth-order valence-electron chi connectivity index (χ4n) is 11.1. The number of H-pyrrole nitrogens is 2. The monoisotopic (exact) mass is 1350 g/mol. The molecule has 16 nitrogen and oxygen atoms in total. The molecule has 0 spiro atoms. The van der Waals surface area contributed by atoms with Crippen molar-refractivity contribution in [3.05, 3.63) is 40.2 Å². The third kappa shape index (κ3) is 13.6. The average Bonchev–Trinajstić information content (AvgIpc) is 1.60. The summed E-state index contributed by atoms with van der Waals surface area (Å²) in [6.45, 7) is 23.1. The lowest BCUT2D eigenvalue weighted by Crippen LogP contribution is -2.16. The van der Waals surface area contributed by atoms with E-state index in [-0.39, 0.29) is 68.7 Å². The number of nitrogens with zero attached hydrogens (tertiary/aromatic N) is 6. The molecule has 474 valence electrons. The molecule has 0 saturated heterocycles. The summed E-state index contributed by atoms with van der Waals surface area (Å²) < 4.78 is 0. The van der Waals surface area contributed by atoms with Crippen molar-refractivity contribution in [1.82, 2.24) is 39.9 Å². The first-order valence-electron chi connectivity index (χ1n) is 31.7. The molecule has 0 amide bonds. The zero-order chi connectivity index (χ0) is 62.8. The third-order valence-electron chi connectivity index (χ3n) is 15.8. The number of halogens is 8. The summed E-state index contributed by atoms with van der Waals surface area (Å²) in [7, 11) is 0. The quantitative estimate of drug-likeness (QED) is 0.0108. The minimum absolute atomic E-state index is 0.0106. The van der Waals surface area contributed by atoms with E-state index in [2.05, 4.69) is 108 Å². The number of anilines is 8. The van der Waals surface area contributed by atoms with Gasteiger partial charge >= 0.3 is 0 Å². The summed E-state index contributed by atoms with van der Waals surface area (Å²) in [5.41, 5.74) is 10.3. The normalized spacial score (nSPS) is 11.8. The highest BCUT2D eigenvalue weighted by molar-refractivity contribution is 6.57. The number of unbranched alkanes of at least 4 members (excludes halogenated alkanes) is 8. The zero-order valence-corrected chi connectivity index (χ0v) is 57.7. The van der Waals surface area contributed by atoms with Gasteiger partial charge in [-0.1, -0.05) is 200 Å². The molecule has 7 aromatic rings. The Balaban J connectivity index is 1.62. The van der Waals surface area contributed by atoms with Gasteiger partial charge in [-0.2, -0.15) is 0 Å². The van der Waals surface area contributed by atoms with Gasteiger partial charge in [0.2, 0.25) is 0 Å². The summed E-state index contributed by atoms with van der Waals surface area (Å²) in [5, 5.41) is 34.1. The molecule has 0 atom stereocenters. The second-order valence-electron chi connectivity index (χ2n) is 22.4.